The topological polar surface area (TPSA) is 3.24 Å². The van der Waals surface area contributed by atoms with E-state index in [0.717, 1.165) is 17.1 Å². The molecule has 0 heterocycles. The fraction of sp³-hybridized carbons (Fsp3) is 0.0159. The van der Waals surface area contributed by atoms with E-state index < -0.39 is 5.41 Å². The summed E-state index contributed by atoms with van der Waals surface area (Å²) >= 11 is 0. The Morgan fingerprint density at radius 1 is 0.281 bits per heavy atom. The fourth-order valence-corrected chi connectivity index (χ4v) is 10.4. The number of hydrogen-bond acceptors (Lipinski definition) is 1. The minimum Gasteiger partial charge on any atom is -0.310 e. The highest BCUT2D eigenvalue weighted by Crippen LogP contribution is 2.59. The Morgan fingerprint density at radius 3 is 1.50 bits per heavy atom. The van der Waals surface area contributed by atoms with Gasteiger partial charge in [0.05, 0.1) is 11.1 Å². The number of fused-ring (bicyclic) bond motifs is 5. The third kappa shape index (κ3) is 6.16. The lowest BCUT2D eigenvalue weighted by Crippen LogP contribution is -2.28. The van der Waals surface area contributed by atoms with Crippen molar-refractivity contribution < 1.29 is 0 Å². The monoisotopic (exact) mass is 813 g/mol. The summed E-state index contributed by atoms with van der Waals surface area (Å²) in [5.74, 6) is 0. The van der Waals surface area contributed by atoms with E-state index in [1.165, 1.54) is 88.3 Å². The lowest BCUT2D eigenvalue weighted by atomic mass is 9.68. The number of nitrogens with zero attached hydrogens (tertiary/aromatic N) is 1. The molecule has 0 bridgehead atoms. The zero-order chi connectivity index (χ0) is 42.5. The summed E-state index contributed by atoms with van der Waals surface area (Å²) in [5.41, 5.74) is 17.6. The molecule has 0 spiro atoms. The Bertz CT molecular complexity index is 3430. The van der Waals surface area contributed by atoms with Gasteiger partial charge in [-0.3, -0.25) is 0 Å². The third-order valence-corrected chi connectivity index (χ3v) is 13.3. The minimum atomic E-state index is -0.505. The number of hydrogen-bond donors (Lipinski definition) is 0. The molecule has 0 atom stereocenters. The summed E-state index contributed by atoms with van der Waals surface area (Å²) in [5, 5.41) is 5.01. The summed E-state index contributed by atoms with van der Waals surface area (Å²) in [6.45, 7) is 0. The van der Waals surface area contributed by atoms with Crippen LogP contribution in [0.5, 0.6) is 0 Å². The molecule has 11 aromatic rings. The van der Waals surface area contributed by atoms with E-state index in [1.54, 1.807) is 0 Å². The number of benzene rings is 11. The van der Waals surface area contributed by atoms with Crippen LogP contribution in [0.2, 0.25) is 0 Å². The highest BCUT2D eigenvalue weighted by atomic mass is 15.1. The van der Waals surface area contributed by atoms with Crippen molar-refractivity contribution in [3.05, 3.63) is 283 Å². The summed E-state index contributed by atoms with van der Waals surface area (Å²) in [6, 6.07) is 95.8. The first-order chi connectivity index (χ1) is 31.7. The van der Waals surface area contributed by atoms with Crippen molar-refractivity contribution in [1.29, 1.82) is 0 Å². The smallest absolute Gasteiger partial charge is 0.0714 e. The minimum absolute atomic E-state index is 0.505. The quantitative estimate of drug-likeness (QED) is 0.148. The van der Waals surface area contributed by atoms with Crippen LogP contribution in [0.25, 0.3) is 66.1 Å². The van der Waals surface area contributed by atoms with E-state index in [2.05, 4.69) is 266 Å². The first-order valence-corrected chi connectivity index (χ1v) is 22.2. The maximum Gasteiger partial charge on any atom is 0.0714 e. The lowest BCUT2D eigenvalue weighted by molar-refractivity contribution is 0.768. The molecule has 0 fully saturated rings. The van der Waals surface area contributed by atoms with Gasteiger partial charge in [-0.25, -0.2) is 0 Å². The Hall–Kier alpha value is -8.26. The number of rotatable bonds is 8. The summed E-state index contributed by atoms with van der Waals surface area (Å²) < 4.78 is 0. The summed E-state index contributed by atoms with van der Waals surface area (Å²) in [4.78, 5) is 2.46. The molecule has 0 N–H and O–H groups in total. The average Bonchev–Trinajstić information content (AvgIpc) is 3.69. The molecule has 0 saturated carbocycles. The predicted octanol–water partition coefficient (Wildman–Crippen LogP) is 16.8. The second kappa shape index (κ2) is 15.6. The molecule has 11 aromatic carbocycles. The van der Waals surface area contributed by atoms with Crippen molar-refractivity contribution in [2.24, 2.45) is 0 Å². The Kier molecular flexibility index (Phi) is 9.13. The average molecular weight is 814 g/mol. The van der Waals surface area contributed by atoms with Crippen molar-refractivity contribution in [2.45, 2.75) is 5.41 Å². The van der Waals surface area contributed by atoms with Crippen LogP contribution in [0.4, 0.5) is 17.1 Å². The molecule has 0 radical (unpaired) electrons. The molecule has 0 aliphatic heterocycles. The van der Waals surface area contributed by atoms with Gasteiger partial charge in [0.1, 0.15) is 0 Å². The standard InChI is InChI=1S/C63H43N/c1-3-22-52(23-4-1)63(53-24-5-2-6-25-53)59-29-12-11-27-58(59)62-60(63)30-15-31-61(62)64(55-40-36-46(37-41-55)50-33-32-44-16-7-8-18-48(44)42-50)54-38-34-45(35-39-54)49-20-13-21-51(43-49)57-28-14-19-47-17-9-10-26-56(47)57/h1-43H. The fourth-order valence-electron chi connectivity index (χ4n) is 10.4. The van der Waals surface area contributed by atoms with Gasteiger partial charge in [0.2, 0.25) is 0 Å². The molecule has 300 valence electrons. The van der Waals surface area contributed by atoms with Crippen LogP contribution >= 0.6 is 0 Å². The molecular weight excluding hydrogens is 771 g/mol. The lowest BCUT2D eigenvalue weighted by Gasteiger charge is -2.34. The van der Waals surface area contributed by atoms with E-state index in [9.17, 15) is 0 Å². The molecule has 0 unspecified atom stereocenters. The van der Waals surface area contributed by atoms with Gasteiger partial charge in [0.25, 0.3) is 0 Å². The summed E-state index contributed by atoms with van der Waals surface area (Å²) in [6.07, 6.45) is 0. The van der Waals surface area contributed by atoms with Crippen LogP contribution in [-0.2, 0) is 5.41 Å². The Labute approximate surface area is 374 Å². The second-order valence-electron chi connectivity index (χ2n) is 16.8. The SMILES string of the molecule is c1ccc(C2(c3ccccc3)c3ccccc3-c3c(N(c4ccc(-c5cccc(-c6cccc7ccccc67)c5)cc4)c4ccc(-c5ccc6ccccc6c5)cc4)cccc32)cc1. The van der Waals surface area contributed by atoms with Gasteiger partial charge in [-0.2, -0.15) is 0 Å². The molecule has 12 rings (SSSR count). The normalized spacial score (nSPS) is 12.5. The molecular formula is C63H43N. The van der Waals surface area contributed by atoms with E-state index in [0.29, 0.717) is 0 Å². The first-order valence-electron chi connectivity index (χ1n) is 22.2. The Balaban J connectivity index is 1.03. The molecule has 64 heavy (non-hydrogen) atoms. The molecule has 1 nitrogen and oxygen atoms in total. The largest absolute Gasteiger partial charge is 0.310 e. The van der Waals surface area contributed by atoms with Crippen molar-refractivity contribution in [1.82, 2.24) is 0 Å². The third-order valence-electron chi connectivity index (χ3n) is 13.3. The molecule has 0 aromatic heterocycles. The molecule has 1 aliphatic carbocycles. The van der Waals surface area contributed by atoms with Crippen LogP contribution in [0.1, 0.15) is 22.3 Å². The van der Waals surface area contributed by atoms with Crippen LogP contribution in [0, 0.1) is 0 Å². The molecule has 0 amide bonds. The van der Waals surface area contributed by atoms with E-state index >= 15 is 0 Å². The predicted molar refractivity (Wildman–Crippen MR) is 270 cm³/mol. The van der Waals surface area contributed by atoms with Crippen LogP contribution in [0.3, 0.4) is 0 Å². The van der Waals surface area contributed by atoms with E-state index in [-0.39, 0.29) is 0 Å². The maximum atomic E-state index is 2.46. The number of anilines is 3. The van der Waals surface area contributed by atoms with Gasteiger partial charge < -0.3 is 4.90 Å². The first kappa shape index (κ1) is 37.5. The van der Waals surface area contributed by atoms with Crippen molar-refractivity contribution >= 4 is 38.6 Å². The zero-order valence-corrected chi connectivity index (χ0v) is 35.3. The maximum absolute atomic E-state index is 2.46. The van der Waals surface area contributed by atoms with Crippen LogP contribution in [0.15, 0.2) is 261 Å². The van der Waals surface area contributed by atoms with Crippen LogP contribution < -0.4 is 4.90 Å². The van der Waals surface area contributed by atoms with E-state index in [1.807, 2.05) is 0 Å². The molecule has 1 heteroatoms. The summed E-state index contributed by atoms with van der Waals surface area (Å²) in [7, 11) is 0. The van der Waals surface area contributed by atoms with Gasteiger partial charge in [-0.05, 0) is 125 Å². The molecule has 1 aliphatic rings. The van der Waals surface area contributed by atoms with Crippen molar-refractivity contribution in [3.63, 3.8) is 0 Å². The van der Waals surface area contributed by atoms with Gasteiger partial charge in [-0.1, -0.05) is 218 Å². The zero-order valence-electron chi connectivity index (χ0n) is 35.3. The van der Waals surface area contributed by atoms with Gasteiger partial charge >= 0.3 is 0 Å². The van der Waals surface area contributed by atoms with E-state index in [4.69, 9.17) is 0 Å². The van der Waals surface area contributed by atoms with Gasteiger partial charge in [0.15, 0.2) is 0 Å². The van der Waals surface area contributed by atoms with Crippen LogP contribution in [-0.4, -0.2) is 0 Å². The van der Waals surface area contributed by atoms with Gasteiger partial charge in [-0.15, -0.1) is 0 Å². The second-order valence-corrected chi connectivity index (χ2v) is 16.8. The van der Waals surface area contributed by atoms with Crippen molar-refractivity contribution in [3.8, 4) is 44.5 Å². The Morgan fingerprint density at radius 2 is 0.781 bits per heavy atom. The van der Waals surface area contributed by atoms with Gasteiger partial charge in [0, 0.05) is 16.9 Å². The highest BCUT2D eigenvalue weighted by molar-refractivity contribution is 5.99. The van der Waals surface area contributed by atoms with Crippen molar-refractivity contribution in [2.75, 3.05) is 4.90 Å². The highest BCUT2D eigenvalue weighted by Gasteiger charge is 2.47. The molecule has 0 saturated heterocycles.